The number of hydrogen-bond acceptors (Lipinski definition) is 1. The molecule has 66 valence electrons. The van der Waals surface area contributed by atoms with Crippen LogP contribution < -0.4 is 0 Å². The molecule has 0 aromatic carbocycles. The zero-order chi connectivity index (χ0) is 8.27. The molecule has 0 N–H and O–H groups in total. The molecule has 1 rings (SSSR count). The molecule has 1 aliphatic rings. The minimum absolute atomic E-state index is 0.928. The van der Waals surface area contributed by atoms with E-state index in [1.807, 2.05) is 0 Å². The molecule has 1 heterocycles. The van der Waals surface area contributed by atoms with Crippen molar-refractivity contribution in [2.45, 2.75) is 33.1 Å². The second kappa shape index (κ2) is 4.10. The van der Waals surface area contributed by atoms with Crippen LogP contribution in [-0.4, -0.2) is 25.0 Å². The first-order valence-corrected chi connectivity index (χ1v) is 4.88. The van der Waals surface area contributed by atoms with E-state index in [2.05, 4.69) is 25.8 Å². The van der Waals surface area contributed by atoms with Crippen molar-refractivity contribution < 1.29 is 0 Å². The van der Waals surface area contributed by atoms with Gasteiger partial charge in [-0.25, -0.2) is 0 Å². The summed E-state index contributed by atoms with van der Waals surface area (Å²) >= 11 is 0. The third kappa shape index (κ3) is 2.82. The van der Waals surface area contributed by atoms with Gasteiger partial charge in [0.05, 0.1) is 0 Å². The number of nitrogens with zero attached hydrogens (tertiary/aromatic N) is 1. The molecule has 0 bridgehead atoms. The fourth-order valence-electron chi connectivity index (χ4n) is 1.79. The number of likely N-dealkylation sites (tertiary alicyclic amines) is 1. The Morgan fingerprint density at radius 2 is 1.64 bits per heavy atom. The number of hydrogen-bond donors (Lipinski definition) is 0. The fourth-order valence-corrected chi connectivity index (χ4v) is 1.79. The summed E-state index contributed by atoms with van der Waals surface area (Å²) in [5, 5.41) is 0. The van der Waals surface area contributed by atoms with E-state index < -0.39 is 0 Å². The van der Waals surface area contributed by atoms with Crippen molar-refractivity contribution in [1.82, 2.24) is 4.90 Å². The third-order valence-corrected chi connectivity index (χ3v) is 3.14. The van der Waals surface area contributed by atoms with Gasteiger partial charge in [-0.15, -0.1) is 0 Å². The molecule has 1 nitrogen and oxygen atoms in total. The first-order valence-electron chi connectivity index (χ1n) is 4.88. The predicted octanol–water partition coefficient (Wildman–Crippen LogP) is 2.37. The van der Waals surface area contributed by atoms with Gasteiger partial charge >= 0.3 is 0 Å². The second-order valence-corrected chi connectivity index (χ2v) is 4.19. The van der Waals surface area contributed by atoms with Gasteiger partial charge < -0.3 is 4.90 Å². The van der Waals surface area contributed by atoms with E-state index in [4.69, 9.17) is 0 Å². The van der Waals surface area contributed by atoms with E-state index in [-0.39, 0.29) is 0 Å². The van der Waals surface area contributed by atoms with Crippen LogP contribution in [0.2, 0.25) is 0 Å². The van der Waals surface area contributed by atoms with Crippen molar-refractivity contribution in [3.63, 3.8) is 0 Å². The van der Waals surface area contributed by atoms with Crippen LogP contribution >= 0.6 is 0 Å². The fraction of sp³-hybridized carbons (Fsp3) is 1.00. The Bertz CT molecular complexity index is 111. The molecule has 1 aliphatic heterocycles. The summed E-state index contributed by atoms with van der Waals surface area (Å²) in [5.41, 5.74) is 0. The maximum absolute atomic E-state index is 2.46. The predicted molar refractivity (Wildman–Crippen MR) is 49.7 cm³/mol. The summed E-state index contributed by atoms with van der Waals surface area (Å²) in [5.74, 6) is 1.88. The lowest BCUT2D eigenvalue weighted by atomic mass is 9.88. The third-order valence-electron chi connectivity index (χ3n) is 3.14. The van der Waals surface area contributed by atoms with Gasteiger partial charge in [-0.2, -0.15) is 0 Å². The first-order chi connectivity index (χ1) is 5.20. The van der Waals surface area contributed by atoms with Gasteiger partial charge in [0, 0.05) is 0 Å². The van der Waals surface area contributed by atoms with E-state index in [0.717, 1.165) is 11.8 Å². The zero-order valence-electron chi connectivity index (χ0n) is 8.14. The van der Waals surface area contributed by atoms with E-state index in [0.29, 0.717) is 0 Å². The minimum Gasteiger partial charge on any atom is -0.306 e. The molecule has 0 aliphatic carbocycles. The Morgan fingerprint density at radius 3 is 2.36 bits per heavy atom. The van der Waals surface area contributed by atoms with Gasteiger partial charge in [0.1, 0.15) is 0 Å². The Kier molecular flexibility index (Phi) is 3.38. The Hall–Kier alpha value is -0.0400. The molecule has 2 atom stereocenters. The molecule has 0 radical (unpaired) electrons. The Balaban J connectivity index is 2.34. The van der Waals surface area contributed by atoms with Gasteiger partial charge in [0.15, 0.2) is 0 Å². The van der Waals surface area contributed by atoms with Crippen LogP contribution in [0.5, 0.6) is 0 Å². The average molecular weight is 155 g/mol. The van der Waals surface area contributed by atoms with Gasteiger partial charge in [-0.05, 0) is 51.2 Å². The lowest BCUT2D eigenvalue weighted by Gasteiger charge is -2.27. The van der Waals surface area contributed by atoms with Crippen LogP contribution in [0.3, 0.4) is 0 Å². The quantitative estimate of drug-likeness (QED) is 0.519. The molecule has 0 aromatic heterocycles. The maximum atomic E-state index is 2.46. The summed E-state index contributed by atoms with van der Waals surface area (Å²) in [6, 6.07) is 0. The summed E-state index contributed by atoms with van der Waals surface area (Å²) in [7, 11) is 2.24. The second-order valence-electron chi connectivity index (χ2n) is 4.19. The van der Waals surface area contributed by atoms with E-state index in [9.17, 15) is 0 Å². The van der Waals surface area contributed by atoms with E-state index >= 15 is 0 Å². The van der Waals surface area contributed by atoms with Crippen molar-refractivity contribution in [3.05, 3.63) is 0 Å². The highest BCUT2D eigenvalue weighted by atomic mass is 15.1. The van der Waals surface area contributed by atoms with Gasteiger partial charge in [-0.3, -0.25) is 0 Å². The van der Waals surface area contributed by atoms with Crippen molar-refractivity contribution in [1.29, 1.82) is 0 Å². The van der Waals surface area contributed by atoms with Gasteiger partial charge in [-0.1, -0.05) is 13.8 Å². The van der Waals surface area contributed by atoms with Crippen LogP contribution in [0.1, 0.15) is 33.1 Å². The Labute approximate surface area is 70.8 Å². The van der Waals surface area contributed by atoms with Crippen LogP contribution in [-0.2, 0) is 0 Å². The molecule has 0 spiro atoms. The smallest absolute Gasteiger partial charge is 0.00191 e. The molecule has 0 saturated carbocycles. The topological polar surface area (TPSA) is 3.24 Å². The lowest BCUT2D eigenvalue weighted by Crippen LogP contribution is -2.27. The highest BCUT2D eigenvalue weighted by molar-refractivity contribution is 4.68. The first kappa shape index (κ1) is 9.05. The van der Waals surface area contributed by atoms with Crippen molar-refractivity contribution in [2.75, 3.05) is 20.1 Å². The minimum atomic E-state index is 0.928. The number of rotatable bonds is 0. The van der Waals surface area contributed by atoms with Crippen molar-refractivity contribution >= 4 is 0 Å². The van der Waals surface area contributed by atoms with Crippen LogP contribution in [0.15, 0.2) is 0 Å². The molecule has 0 aromatic rings. The summed E-state index contributed by atoms with van der Waals surface area (Å²) in [6.07, 6.45) is 4.20. The zero-order valence-corrected chi connectivity index (χ0v) is 8.14. The lowest BCUT2D eigenvalue weighted by molar-refractivity contribution is 0.222. The monoisotopic (exact) mass is 155 g/mol. The van der Waals surface area contributed by atoms with Crippen LogP contribution in [0.25, 0.3) is 0 Å². The molecule has 2 unspecified atom stereocenters. The maximum Gasteiger partial charge on any atom is -0.00191 e. The van der Waals surface area contributed by atoms with Gasteiger partial charge in [0.2, 0.25) is 0 Å². The molecule has 1 heteroatoms. The highest BCUT2D eigenvalue weighted by Gasteiger charge is 2.15. The summed E-state index contributed by atoms with van der Waals surface area (Å²) in [4.78, 5) is 2.46. The molecule has 1 saturated heterocycles. The van der Waals surface area contributed by atoms with E-state index in [1.165, 1.54) is 32.4 Å². The SMILES string of the molecule is CC1CCCN(C)CCC1C. The highest BCUT2D eigenvalue weighted by Crippen LogP contribution is 2.22. The van der Waals surface area contributed by atoms with Crippen LogP contribution in [0, 0.1) is 11.8 Å². The van der Waals surface area contributed by atoms with Crippen LogP contribution in [0.4, 0.5) is 0 Å². The summed E-state index contributed by atoms with van der Waals surface area (Å²) in [6.45, 7) is 7.39. The summed E-state index contributed by atoms with van der Waals surface area (Å²) < 4.78 is 0. The largest absolute Gasteiger partial charge is 0.306 e. The van der Waals surface area contributed by atoms with Crippen molar-refractivity contribution in [3.8, 4) is 0 Å². The molecule has 0 amide bonds. The molecular weight excluding hydrogens is 134 g/mol. The average Bonchev–Trinajstić information content (AvgIpc) is 1.98. The van der Waals surface area contributed by atoms with E-state index in [1.54, 1.807) is 0 Å². The Morgan fingerprint density at radius 1 is 1.00 bits per heavy atom. The molecular formula is C10H21N. The van der Waals surface area contributed by atoms with Crippen molar-refractivity contribution in [2.24, 2.45) is 11.8 Å². The standard InChI is InChI=1S/C10H21N/c1-9-5-4-7-11(3)8-6-10(9)2/h9-10H,4-8H2,1-3H3. The van der Waals surface area contributed by atoms with Gasteiger partial charge in [0.25, 0.3) is 0 Å². The molecule has 11 heavy (non-hydrogen) atoms. The molecule has 1 fully saturated rings. The normalized spacial score (nSPS) is 36.3.